The Hall–Kier alpha value is -8.64. The van der Waals surface area contributed by atoms with Crippen molar-refractivity contribution in [2.75, 3.05) is 0 Å². The lowest BCUT2D eigenvalue weighted by atomic mass is 9.82. The predicted octanol–water partition coefficient (Wildman–Crippen LogP) is 14.5. The first-order valence-corrected chi connectivity index (χ1v) is 23.4. The van der Waals surface area contributed by atoms with Crippen molar-refractivity contribution >= 4 is 39.5 Å². The van der Waals surface area contributed by atoms with Crippen molar-refractivity contribution in [3.63, 3.8) is 0 Å². The Kier molecular flexibility index (Phi) is 10.6. The van der Waals surface area contributed by atoms with Gasteiger partial charge in [-0.1, -0.05) is 200 Å². The van der Waals surface area contributed by atoms with Crippen molar-refractivity contribution in [1.82, 2.24) is 19.9 Å². The number of aryl methyl sites for hydroxylation is 1. The molecule has 1 unspecified atom stereocenters. The fourth-order valence-electron chi connectivity index (χ4n) is 10.1. The molecule has 1 atom stereocenters. The molecular formula is C63H47N5. The summed E-state index contributed by atoms with van der Waals surface area (Å²) >= 11 is 0. The Balaban J connectivity index is 1.03. The van der Waals surface area contributed by atoms with Gasteiger partial charge in [-0.25, -0.2) is 9.97 Å². The van der Waals surface area contributed by atoms with Crippen LogP contribution in [0.5, 0.6) is 0 Å². The van der Waals surface area contributed by atoms with E-state index in [4.69, 9.17) is 15.7 Å². The minimum absolute atomic E-state index is 0.396. The molecule has 2 aliphatic rings. The molecule has 12 rings (SSSR count). The average molecular weight is 874 g/mol. The number of aromatic nitrogens is 3. The number of rotatable bonds is 9. The summed E-state index contributed by atoms with van der Waals surface area (Å²) in [5, 5.41) is 5.35. The van der Waals surface area contributed by atoms with E-state index in [2.05, 4.69) is 222 Å². The fraction of sp³-hybridized carbons (Fsp3) is 0.0476. The quantitative estimate of drug-likeness (QED) is 0.152. The molecule has 0 spiro atoms. The number of hydrogen-bond acceptors (Lipinski definition) is 4. The molecule has 0 saturated heterocycles. The Morgan fingerprint density at radius 1 is 0.529 bits per heavy atom. The van der Waals surface area contributed by atoms with Gasteiger partial charge in [0.1, 0.15) is 0 Å². The Labute approximate surface area is 397 Å². The Morgan fingerprint density at radius 2 is 1.12 bits per heavy atom. The van der Waals surface area contributed by atoms with E-state index in [1.54, 1.807) is 0 Å². The lowest BCUT2D eigenvalue weighted by molar-refractivity contribution is 0.927. The summed E-state index contributed by atoms with van der Waals surface area (Å²) in [6.45, 7) is 0. The molecule has 8 aromatic carbocycles. The standard InChI is InChI=1S/C63H47N5/c64-60(43-23-7-2-8-24-43)59(42-21-5-1-6-22-42)62-53-36-14-13-35-52(53)58(61(67-62)44-25-9-3-10-26-44)48-31-19-29-46(39-48)54-41-55(66-63(65-54)45-27-11-4-12-28-45)47-30-20-32-49(40-47)68-56-37-17-15-33-50(56)51-34-16-18-38-57(51)68/h1-15,17-33,35-41,60,67H,16,34,64H2/b62-59-. The number of nitrogens with one attached hydrogen (secondary N) is 1. The van der Waals surface area contributed by atoms with Gasteiger partial charge in [0.25, 0.3) is 0 Å². The third-order valence-electron chi connectivity index (χ3n) is 13.3. The smallest absolute Gasteiger partial charge is 0.160 e. The number of nitrogens with zero attached hydrogens (tertiary/aromatic N) is 3. The molecule has 324 valence electrons. The van der Waals surface area contributed by atoms with Gasteiger partial charge in [-0.15, -0.1) is 0 Å². The van der Waals surface area contributed by atoms with Crippen LogP contribution in [0.15, 0.2) is 231 Å². The molecular weight excluding hydrogens is 827 g/mol. The van der Waals surface area contributed by atoms with Crippen LogP contribution < -0.4 is 11.1 Å². The first kappa shape index (κ1) is 40.8. The topological polar surface area (TPSA) is 68.8 Å². The first-order chi connectivity index (χ1) is 33.7. The van der Waals surface area contributed by atoms with Crippen LogP contribution in [-0.2, 0) is 6.42 Å². The van der Waals surface area contributed by atoms with Gasteiger partial charge >= 0.3 is 0 Å². The van der Waals surface area contributed by atoms with Crippen LogP contribution in [0.2, 0.25) is 0 Å². The predicted molar refractivity (Wildman–Crippen MR) is 281 cm³/mol. The average Bonchev–Trinajstić information content (AvgIpc) is 3.76. The van der Waals surface area contributed by atoms with Gasteiger partial charge in [0.2, 0.25) is 0 Å². The zero-order valence-corrected chi connectivity index (χ0v) is 37.4. The highest BCUT2D eigenvalue weighted by atomic mass is 15.0. The molecule has 3 heterocycles. The van der Waals surface area contributed by atoms with Crippen LogP contribution in [0.3, 0.4) is 0 Å². The third-order valence-corrected chi connectivity index (χ3v) is 13.3. The van der Waals surface area contributed by atoms with E-state index in [9.17, 15) is 0 Å². The van der Waals surface area contributed by atoms with Crippen molar-refractivity contribution in [2.24, 2.45) is 5.73 Å². The highest BCUT2D eigenvalue weighted by molar-refractivity contribution is 6.10. The highest BCUT2D eigenvalue weighted by Crippen LogP contribution is 2.45. The van der Waals surface area contributed by atoms with E-state index in [1.165, 1.54) is 22.2 Å². The number of fused-ring (bicyclic) bond motifs is 4. The lowest BCUT2D eigenvalue weighted by Crippen LogP contribution is -2.24. The molecule has 0 bridgehead atoms. The van der Waals surface area contributed by atoms with Gasteiger partial charge < -0.3 is 15.6 Å². The van der Waals surface area contributed by atoms with E-state index in [0.717, 1.165) is 103 Å². The molecule has 5 heteroatoms. The minimum atomic E-state index is -0.396. The summed E-state index contributed by atoms with van der Waals surface area (Å²) in [4.78, 5) is 10.6. The van der Waals surface area contributed by atoms with Gasteiger partial charge in [-0.05, 0) is 82.6 Å². The van der Waals surface area contributed by atoms with Gasteiger partial charge in [-0.3, -0.25) is 0 Å². The van der Waals surface area contributed by atoms with Crippen molar-refractivity contribution in [1.29, 1.82) is 0 Å². The molecule has 1 aliphatic heterocycles. The van der Waals surface area contributed by atoms with Crippen LogP contribution in [-0.4, -0.2) is 14.5 Å². The van der Waals surface area contributed by atoms with Gasteiger partial charge in [-0.2, -0.15) is 0 Å². The van der Waals surface area contributed by atoms with Crippen LogP contribution in [0, 0.1) is 0 Å². The van der Waals surface area contributed by atoms with Gasteiger partial charge in [0, 0.05) is 50.2 Å². The molecule has 68 heavy (non-hydrogen) atoms. The highest BCUT2D eigenvalue weighted by Gasteiger charge is 2.29. The van der Waals surface area contributed by atoms with Crippen molar-refractivity contribution < 1.29 is 0 Å². The maximum absolute atomic E-state index is 7.33. The van der Waals surface area contributed by atoms with Crippen LogP contribution in [0.4, 0.5) is 0 Å². The van der Waals surface area contributed by atoms with E-state index in [1.807, 2.05) is 24.3 Å². The largest absolute Gasteiger partial charge is 0.354 e. The van der Waals surface area contributed by atoms with Gasteiger partial charge in [0.05, 0.1) is 34.3 Å². The molecule has 5 nitrogen and oxygen atoms in total. The summed E-state index contributed by atoms with van der Waals surface area (Å²) in [5.74, 6) is 0.674. The second kappa shape index (κ2) is 17.6. The zero-order valence-electron chi connectivity index (χ0n) is 37.4. The molecule has 0 radical (unpaired) electrons. The van der Waals surface area contributed by atoms with Crippen LogP contribution >= 0.6 is 0 Å². The second-order valence-electron chi connectivity index (χ2n) is 17.4. The van der Waals surface area contributed by atoms with E-state index in [-0.39, 0.29) is 0 Å². The summed E-state index contributed by atoms with van der Waals surface area (Å²) < 4.78 is 2.40. The zero-order chi connectivity index (χ0) is 45.4. The third kappa shape index (κ3) is 7.45. The number of nitrogens with two attached hydrogens (primary N) is 1. The number of allylic oxidation sites excluding steroid dienone is 1. The summed E-state index contributed by atoms with van der Waals surface area (Å²) in [6.07, 6.45) is 6.66. The molecule has 2 aromatic heterocycles. The monoisotopic (exact) mass is 873 g/mol. The Morgan fingerprint density at radius 3 is 1.87 bits per heavy atom. The molecule has 0 fully saturated rings. The lowest BCUT2D eigenvalue weighted by Gasteiger charge is -2.32. The number of hydrogen-bond donors (Lipinski definition) is 2. The summed E-state index contributed by atoms with van der Waals surface area (Å²) in [5.41, 5.74) is 27.5. The van der Waals surface area contributed by atoms with E-state index >= 15 is 0 Å². The van der Waals surface area contributed by atoms with Gasteiger partial charge in [0.15, 0.2) is 5.82 Å². The summed E-state index contributed by atoms with van der Waals surface area (Å²) in [7, 11) is 0. The van der Waals surface area contributed by atoms with E-state index < -0.39 is 6.04 Å². The number of benzene rings is 8. The summed E-state index contributed by atoms with van der Waals surface area (Å²) in [6, 6.07) is 78.6. The SMILES string of the molecule is NC(/C(=C1\NC(c2ccccc2)=C(c2cccc(-c3cc(-c4cccc(-n5c6c(c7ccccc75)CCC=C6)c4)nc(-c4ccccc4)n3)c2)c2ccccc21)c1ccccc1)c1ccccc1. The van der Waals surface area contributed by atoms with Crippen LogP contribution in [0.25, 0.3) is 79.1 Å². The first-order valence-electron chi connectivity index (χ1n) is 23.4. The van der Waals surface area contributed by atoms with Crippen molar-refractivity contribution in [3.8, 4) is 39.6 Å². The van der Waals surface area contributed by atoms with Crippen molar-refractivity contribution in [3.05, 3.63) is 275 Å². The molecule has 10 aromatic rings. The molecule has 1 aliphatic carbocycles. The van der Waals surface area contributed by atoms with E-state index in [0.29, 0.717) is 5.82 Å². The maximum atomic E-state index is 7.33. The Bertz CT molecular complexity index is 3590. The normalized spacial score (nSPS) is 14.2. The molecule has 0 amide bonds. The minimum Gasteiger partial charge on any atom is -0.354 e. The molecule has 0 saturated carbocycles. The van der Waals surface area contributed by atoms with Crippen molar-refractivity contribution in [2.45, 2.75) is 18.9 Å². The second-order valence-corrected chi connectivity index (χ2v) is 17.4. The molecule has 3 N–H and O–H groups in total. The number of para-hydroxylation sites is 1. The van der Waals surface area contributed by atoms with Crippen LogP contribution in [0.1, 0.15) is 57.1 Å². The maximum Gasteiger partial charge on any atom is 0.160 e. The fourth-order valence-corrected chi connectivity index (χ4v) is 10.1.